The minimum Gasteiger partial charge on any atom is -0.501 e. The molecular weight excluding hydrogens is 202 g/mol. The zero-order valence-corrected chi connectivity index (χ0v) is 9.30. The zero-order valence-electron chi connectivity index (χ0n) is 9.30. The Morgan fingerprint density at radius 3 is 3.12 bits per heavy atom. The SMILES string of the molecule is OC(CCc1cccnc1)C1=COCCC1. The molecule has 16 heavy (non-hydrogen) atoms. The molecule has 0 amide bonds. The van der Waals surface area contributed by atoms with Crippen molar-refractivity contribution in [3.05, 3.63) is 41.9 Å². The monoisotopic (exact) mass is 219 g/mol. The normalized spacial score (nSPS) is 17.4. The molecule has 1 atom stereocenters. The lowest BCUT2D eigenvalue weighted by atomic mass is 9.99. The standard InChI is InChI=1S/C13H17NO2/c15-13(12-4-2-8-16-10-12)6-5-11-3-1-7-14-9-11/h1,3,7,9-10,13,15H,2,4-6,8H2. The van der Waals surface area contributed by atoms with Gasteiger partial charge in [-0.2, -0.15) is 0 Å². The van der Waals surface area contributed by atoms with Gasteiger partial charge < -0.3 is 9.84 Å². The highest BCUT2D eigenvalue weighted by Gasteiger charge is 2.14. The van der Waals surface area contributed by atoms with Crippen LogP contribution in [0.1, 0.15) is 24.8 Å². The predicted octanol–water partition coefficient (Wildman–Crippen LogP) is 2.07. The van der Waals surface area contributed by atoms with E-state index in [1.165, 1.54) is 5.56 Å². The van der Waals surface area contributed by atoms with Crippen molar-refractivity contribution in [2.75, 3.05) is 6.61 Å². The first kappa shape index (κ1) is 11.1. The van der Waals surface area contributed by atoms with Crippen LogP contribution in [0.5, 0.6) is 0 Å². The van der Waals surface area contributed by atoms with Gasteiger partial charge in [-0.1, -0.05) is 6.07 Å². The summed E-state index contributed by atoms with van der Waals surface area (Å²) in [5.41, 5.74) is 2.19. The molecule has 1 N–H and O–H groups in total. The molecule has 0 saturated carbocycles. The molecule has 1 aliphatic rings. The summed E-state index contributed by atoms with van der Waals surface area (Å²) in [6.07, 6.45) is 8.50. The summed E-state index contributed by atoms with van der Waals surface area (Å²) in [5, 5.41) is 9.97. The molecule has 3 nitrogen and oxygen atoms in total. The maximum Gasteiger partial charge on any atom is 0.0876 e. The third-order valence-electron chi connectivity index (χ3n) is 2.82. The molecule has 3 heteroatoms. The van der Waals surface area contributed by atoms with E-state index >= 15 is 0 Å². The van der Waals surface area contributed by atoms with Crippen LogP contribution < -0.4 is 0 Å². The van der Waals surface area contributed by atoms with E-state index in [2.05, 4.69) is 4.98 Å². The van der Waals surface area contributed by atoms with Gasteiger partial charge in [0.25, 0.3) is 0 Å². The predicted molar refractivity (Wildman–Crippen MR) is 61.8 cm³/mol. The Bertz CT molecular complexity index is 348. The zero-order chi connectivity index (χ0) is 11.2. The van der Waals surface area contributed by atoms with E-state index in [1.54, 1.807) is 12.5 Å². The molecule has 1 aliphatic heterocycles. The first-order chi connectivity index (χ1) is 7.86. The summed E-state index contributed by atoms with van der Waals surface area (Å²) < 4.78 is 5.22. The van der Waals surface area contributed by atoms with E-state index in [9.17, 15) is 5.11 Å². The van der Waals surface area contributed by atoms with Crippen LogP contribution in [0, 0.1) is 0 Å². The van der Waals surface area contributed by atoms with Gasteiger partial charge >= 0.3 is 0 Å². The lowest BCUT2D eigenvalue weighted by molar-refractivity contribution is 0.162. The van der Waals surface area contributed by atoms with Gasteiger partial charge in [0.05, 0.1) is 19.0 Å². The fourth-order valence-corrected chi connectivity index (χ4v) is 1.86. The molecule has 2 rings (SSSR count). The molecule has 0 aliphatic carbocycles. The number of ether oxygens (including phenoxy) is 1. The second-order valence-electron chi connectivity index (χ2n) is 4.08. The van der Waals surface area contributed by atoms with E-state index in [1.807, 2.05) is 18.3 Å². The summed E-state index contributed by atoms with van der Waals surface area (Å²) in [4.78, 5) is 4.05. The van der Waals surface area contributed by atoms with E-state index in [0.717, 1.165) is 37.9 Å². The molecular formula is C13H17NO2. The van der Waals surface area contributed by atoms with Gasteiger partial charge in [-0.3, -0.25) is 4.98 Å². The molecule has 1 aromatic heterocycles. The molecule has 0 saturated heterocycles. The second kappa shape index (κ2) is 5.66. The Hall–Kier alpha value is -1.35. The van der Waals surface area contributed by atoms with Crippen molar-refractivity contribution in [1.29, 1.82) is 0 Å². The summed E-state index contributed by atoms with van der Waals surface area (Å²) >= 11 is 0. The summed E-state index contributed by atoms with van der Waals surface area (Å²) in [7, 11) is 0. The van der Waals surface area contributed by atoms with Crippen molar-refractivity contribution >= 4 is 0 Å². The maximum absolute atomic E-state index is 9.97. The Morgan fingerprint density at radius 2 is 2.44 bits per heavy atom. The van der Waals surface area contributed by atoms with E-state index < -0.39 is 0 Å². The van der Waals surface area contributed by atoms with Gasteiger partial charge in [0.1, 0.15) is 0 Å². The van der Waals surface area contributed by atoms with E-state index in [-0.39, 0.29) is 6.10 Å². The van der Waals surface area contributed by atoms with Crippen LogP contribution in [-0.2, 0) is 11.2 Å². The number of nitrogens with zero attached hydrogens (tertiary/aromatic N) is 1. The van der Waals surface area contributed by atoms with Gasteiger partial charge in [-0.25, -0.2) is 0 Å². The Kier molecular flexibility index (Phi) is 3.94. The topological polar surface area (TPSA) is 42.4 Å². The largest absolute Gasteiger partial charge is 0.501 e. The number of aromatic nitrogens is 1. The van der Waals surface area contributed by atoms with Gasteiger partial charge in [-0.15, -0.1) is 0 Å². The fraction of sp³-hybridized carbons (Fsp3) is 0.462. The molecule has 0 fully saturated rings. The first-order valence-electron chi connectivity index (χ1n) is 5.74. The van der Waals surface area contributed by atoms with Gasteiger partial charge in [0, 0.05) is 12.4 Å². The van der Waals surface area contributed by atoms with Crippen molar-refractivity contribution < 1.29 is 9.84 Å². The highest BCUT2D eigenvalue weighted by Crippen LogP contribution is 2.19. The Balaban J connectivity index is 1.83. The highest BCUT2D eigenvalue weighted by atomic mass is 16.5. The van der Waals surface area contributed by atoms with Crippen molar-refractivity contribution in [3.63, 3.8) is 0 Å². The maximum atomic E-state index is 9.97. The Morgan fingerprint density at radius 1 is 1.50 bits per heavy atom. The number of pyridine rings is 1. The third-order valence-corrected chi connectivity index (χ3v) is 2.82. The average molecular weight is 219 g/mol. The number of aliphatic hydroxyl groups is 1. The number of aryl methyl sites for hydroxylation is 1. The lowest BCUT2D eigenvalue weighted by Crippen LogP contribution is -2.15. The number of hydrogen-bond donors (Lipinski definition) is 1. The van der Waals surface area contributed by atoms with Crippen LogP contribution in [0.3, 0.4) is 0 Å². The van der Waals surface area contributed by atoms with Crippen molar-refractivity contribution in [2.24, 2.45) is 0 Å². The summed E-state index contributed by atoms with van der Waals surface area (Å²) in [5.74, 6) is 0. The molecule has 0 spiro atoms. The molecule has 1 unspecified atom stereocenters. The highest BCUT2D eigenvalue weighted by molar-refractivity contribution is 5.11. The molecule has 86 valence electrons. The average Bonchev–Trinajstić information content (AvgIpc) is 2.38. The smallest absolute Gasteiger partial charge is 0.0876 e. The van der Waals surface area contributed by atoms with Crippen LogP contribution in [0.4, 0.5) is 0 Å². The Labute approximate surface area is 95.8 Å². The molecule has 2 heterocycles. The van der Waals surface area contributed by atoms with E-state index in [4.69, 9.17) is 4.74 Å². The minimum atomic E-state index is -0.375. The number of aliphatic hydroxyl groups excluding tert-OH is 1. The van der Waals surface area contributed by atoms with Crippen LogP contribution in [0.2, 0.25) is 0 Å². The van der Waals surface area contributed by atoms with Gasteiger partial charge in [-0.05, 0) is 42.9 Å². The molecule has 0 radical (unpaired) electrons. The lowest BCUT2D eigenvalue weighted by Gasteiger charge is -2.18. The van der Waals surface area contributed by atoms with Crippen LogP contribution in [0.25, 0.3) is 0 Å². The van der Waals surface area contributed by atoms with E-state index in [0.29, 0.717) is 0 Å². The van der Waals surface area contributed by atoms with Crippen LogP contribution >= 0.6 is 0 Å². The van der Waals surface area contributed by atoms with Crippen molar-refractivity contribution in [1.82, 2.24) is 4.98 Å². The van der Waals surface area contributed by atoms with Crippen molar-refractivity contribution in [3.8, 4) is 0 Å². The number of rotatable bonds is 4. The summed E-state index contributed by atoms with van der Waals surface area (Å²) in [6.45, 7) is 0.777. The molecule has 1 aromatic rings. The molecule has 0 aromatic carbocycles. The third kappa shape index (κ3) is 3.07. The molecule has 0 bridgehead atoms. The van der Waals surface area contributed by atoms with Gasteiger partial charge in [0.15, 0.2) is 0 Å². The van der Waals surface area contributed by atoms with Crippen LogP contribution in [0.15, 0.2) is 36.4 Å². The first-order valence-corrected chi connectivity index (χ1v) is 5.74. The second-order valence-corrected chi connectivity index (χ2v) is 4.08. The number of hydrogen-bond acceptors (Lipinski definition) is 3. The van der Waals surface area contributed by atoms with Crippen LogP contribution in [-0.4, -0.2) is 22.8 Å². The van der Waals surface area contributed by atoms with Crippen molar-refractivity contribution in [2.45, 2.75) is 31.8 Å². The van der Waals surface area contributed by atoms with Gasteiger partial charge in [0.2, 0.25) is 0 Å². The minimum absolute atomic E-state index is 0.375. The summed E-state index contributed by atoms with van der Waals surface area (Å²) in [6, 6.07) is 3.95. The fourth-order valence-electron chi connectivity index (χ4n) is 1.86. The quantitative estimate of drug-likeness (QED) is 0.843.